The van der Waals surface area contributed by atoms with Crippen molar-refractivity contribution < 1.29 is 9.18 Å². The van der Waals surface area contributed by atoms with Crippen molar-refractivity contribution >= 4 is 23.3 Å². The minimum atomic E-state index is -0.643. The van der Waals surface area contributed by atoms with Crippen LogP contribution < -0.4 is 16.2 Å². The summed E-state index contributed by atoms with van der Waals surface area (Å²) < 4.78 is 14.7. The summed E-state index contributed by atoms with van der Waals surface area (Å²) in [5.74, 6) is -0.293. The lowest BCUT2D eigenvalue weighted by molar-refractivity contribution is 0.247. The molecule has 0 saturated carbocycles. The molecule has 2 aromatic heterocycles. The van der Waals surface area contributed by atoms with Gasteiger partial charge in [-0.15, -0.1) is 0 Å². The molecule has 0 fully saturated rings. The van der Waals surface area contributed by atoms with Crippen LogP contribution in [0.25, 0.3) is 11.1 Å². The number of anilines is 1. The van der Waals surface area contributed by atoms with Gasteiger partial charge < -0.3 is 10.6 Å². The first-order valence-corrected chi connectivity index (χ1v) is 10.2. The molecular formula is C21H20ClFN6O2. The minimum absolute atomic E-state index is 0.0558. The van der Waals surface area contributed by atoms with Gasteiger partial charge in [-0.2, -0.15) is 5.10 Å². The van der Waals surface area contributed by atoms with Crippen molar-refractivity contribution in [3.8, 4) is 11.1 Å². The quantitative estimate of drug-likeness (QED) is 0.533. The molecule has 2 heterocycles. The van der Waals surface area contributed by atoms with Crippen LogP contribution >= 0.6 is 11.6 Å². The van der Waals surface area contributed by atoms with Gasteiger partial charge in [0.1, 0.15) is 12.1 Å². The number of aromatic amines is 1. The lowest BCUT2D eigenvalue weighted by atomic mass is 10.0. The number of aromatic nitrogens is 4. The maximum atomic E-state index is 14.7. The monoisotopic (exact) mass is 442 g/mol. The maximum Gasteiger partial charge on any atom is 0.319 e. The fourth-order valence-corrected chi connectivity index (χ4v) is 4.01. The molecule has 0 unspecified atom stereocenters. The topological polar surface area (TPSA) is 113 Å². The van der Waals surface area contributed by atoms with Gasteiger partial charge in [0, 0.05) is 29.6 Å². The number of halogens is 2. The number of rotatable bonds is 3. The first-order chi connectivity index (χ1) is 14.9. The second kappa shape index (κ2) is 8.81. The molecule has 3 aromatic rings. The van der Waals surface area contributed by atoms with Gasteiger partial charge in [-0.3, -0.25) is 4.79 Å². The molecule has 10 heteroatoms. The summed E-state index contributed by atoms with van der Waals surface area (Å²) in [4.78, 5) is 32.1. The van der Waals surface area contributed by atoms with E-state index in [4.69, 9.17) is 11.6 Å². The molecule has 0 saturated heterocycles. The summed E-state index contributed by atoms with van der Waals surface area (Å²) >= 11 is 6.29. The zero-order chi connectivity index (χ0) is 22.0. The molecule has 2 atom stereocenters. The van der Waals surface area contributed by atoms with Crippen LogP contribution in [0.3, 0.4) is 0 Å². The number of amides is 2. The summed E-state index contributed by atoms with van der Waals surface area (Å²) in [7, 11) is 0. The molecular weight excluding hydrogens is 423 g/mol. The van der Waals surface area contributed by atoms with Crippen LogP contribution in [-0.4, -0.2) is 26.2 Å². The summed E-state index contributed by atoms with van der Waals surface area (Å²) in [5.41, 5.74) is 2.08. The van der Waals surface area contributed by atoms with Crippen LogP contribution in [0.1, 0.15) is 37.1 Å². The molecule has 3 N–H and O–H groups in total. The summed E-state index contributed by atoms with van der Waals surface area (Å²) in [6, 6.07) is 3.09. The highest BCUT2D eigenvalue weighted by atomic mass is 35.5. The zero-order valence-corrected chi connectivity index (χ0v) is 17.4. The van der Waals surface area contributed by atoms with E-state index in [9.17, 15) is 14.0 Å². The highest BCUT2D eigenvalue weighted by molar-refractivity contribution is 6.33. The Bertz CT molecular complexity index is 1170. The molecule has 0 radical (unpaired) electrons. The van der Waals surface area contributed by atoms with Gasteiger partial charge >= 0.3 is 6.03 Å². The number of nitrogens with one attached hydrogen (secondary N) is 3. The van der Waals surface area contributed by atoms with Crippen LogP contribution in [-0.2, 0) is 6.42 Å². The van der Waals surface area contributed by atoms with Crippen molar-refractivity contribution in [1.82, 2.24) is 25.5 Å². The number of urea groups is 1. The highest BCUT2D eigenvalue weighted by Crippen LogP contribution is 2.32. The summed E-state index contributed by atoms with van der Waals surface area (Å²) in [5, 5.41) is 12.2. The van der Waals surface area contributed by atoms with Gasteiger partial charge in [-0.05, 0) is 42.9 Å². The molecule has 0 aliphatic heterocycles. The smallest absolute Gasteiger partial charge is 0.319 e. The number of hydrogen-bond donors (Lipinski definition) is 3. The lowest BCUT2D eigenvalue weighted by Crippen LogP contribution is -2.34. The predicted molar refractivity (Wildman–Crippen MR) is 114 cm³/mol. The van der Waals surface area contributed by atoms with E-state index in [1.807, 2.05) is 0 Å². The van der Waals surface area contributed by atoms with Crippen molar-refractivity contribution in [2.75, 3.05) is 5.32 Å². The molecule has 1 aromatic carbocycles. The first-order valence-electron chi connectivity index (χ1n) is 9.81. The Morgan fingerprint density at radius 2 is 2.00 bits per heavy atom. The largest absolute Gasteiger partial charge is 0.329 e. The first kappa shape index (κ1) is 20.9. The molecule has 1 aliphatic carbocycles. The van der Waals surface area contributed by atoms with Gasteiger partial charge in [-0.1, -0.05) is 18.5 Å². The van der Waals surface area contributed by atoms with Crippen molar-refractivity contribution in [2.24, 2.45) is 5.92 Å². The van der Waals surface area contributed by atoms with Gasteiger partial charge in [-0.25, -0.2) is 24.3 Å². The van der Waals surface area contributed by atoms with Crippen molar-refractivity contribution in [1.29, 1.82) is 0 Å². The van der Waals surface area contributed by atoms with E-state index in [0.29, 0.717) is 35.6 Å². The number of carbonyl (C=O) groups is 1. The second-order valence-corrected chi connectivity index (χ2v) is 8.03. The maximum absolute atomic E-state index is 14.7. The molecule has 4 rings (SSSR count). The van der Waals surface area contributed by atoms with E-state index in [1.54, 1.807) is 0 Å². The van der Waals surface area contributed by atoms with Crippen molar-refractivity contribution in [2.45, 2.75) is 32.2 Å². The Kier molecular flexibility index (Phi) is 5.94. The second-order valence-electron chi connectivity index (χ2n) is 7.62. The Balaban J connectivity index is 1.53. The highest BCUT2D eigenvalue weighted by Gasteiger charge is 2.25. The molecule has 0 bridgehead atoms. The van der Waals surface area contributed by atoms with E-state index < -0.39 is 17.9 Å². The van der Waals surface area contributed by atoms with Crippen LogP contribution in [0, 0.1) is 11.7 Å². The number of benzene rings is 1. The minimum Gasteiger partial charge on any atom is -0.329 e. The van der Waals surface area contributed by atoms with Crippen LogP contribution in [0.5, 0.6) is 0 Å². The predicted octanol–water partition coefficient (Wildman–Crippen LogP) is 3.85. The standard InChI is InChI=1S/C21H20ClFN6O2/c1-11-2-3-17(20-12(4-11)5-19(30)28-29-20)26-21(31)27-18-7-15(22)14(6-16(18)23)13-8-24-10-25-9-13/h5-11,17H,2-4H2,1H3,(H,28,30)(H2,26,27,31)/t11-,17+/m0/s1. The van der Waals surface area contributed by atoms with E-state index >= 15 is 0 Å². The Morgan fingerprint density at radius 3 is 2.77 bits per heavy atom. The molecule has 31 heavy (non-hydrogen) atoms. The molecule has 8 nitrogen and oxygen atoms in total. The number of nitrogens with zero attached hydrogens (tertiary/aromatic N) is 3. The third kappa shape index (κ3) is 4.72. The molecule has 160 valence electrons. The number of carbonyl (C=O) groups excluding carboxylic acids is 1. The average Bonchev–Trinajstić information content (AvgIpc) is 2.89. The molecule has 0 spiro atoms. The third-order valence-corrected chi connectivity index (χ3v) is 5.56. The third-order valence-electron chi connectivity index (χ3n) is 5.25. The summed E-state index contributed by atoms with van der Waals surface area (Å²) in [6.45, 7) is 2.09. The van der Waals surface area contributed by atoms with Gasteiger partial charge in [0.15, 0.2) is 0 Å². The number of fused-ring (bicyclic) bond motifs is 1. The SMILES string of the molecule is C[C@H]1CC[C@@H](NC(=O)Nc2cc(Cl)c(-c3cncnc3)cc2F)c2n[nH]c(=O)cc2C1. The van der Waals surface area contributed by atoms with Gasteiger partial charge in [0.25, 0.3) is 5.56 Å². The normalized spacial score (nSPS) is 18.0. The van der Waals surface area contributed by atoms with Gasteiger partial charge in [0.05, 0.1) is 22.4 Å². The fraction of sp³-hybridized carbons (Fsp3) is 0.286. The molecule has 1 aliphatic rings. The van der Waals surface area contributed by atoms with Crippen molar-refractivity contribution in [3.63, 3.8) is 0 Å². The average molecular weight is 443 g/mol. The van der Waals surface area contributed by atoms with E-state index in [2.05, 4.69) is 37.7 Å². The van der Waals surface area contributed by atoms with Crippen LogP contribution in [0.4, 0.5) is 14.9 Å². The zero-order valence-electron chi connectivity index (χ0n) is 16.7. The Morgan fingerprint density at radius 1 is 1.23 bits per heavy atom. The Hall–Kier alpha value is -3.33. The number of hydrogen-bond acceptors (Lipinski definition) is 5. The molecule has 2 amide bonds. The van der Waals surface area contributed by atoms with E-state index in [-0.39, 0.29) is 16.3 Å². The fourth-order valence-electron chi connectivity index (χ4n) is 3.74. The number of H-pyrrole nitrogens is 1. The Labute approximate surface area is 182 Å². The van der Waals surface area contributed by atoms with Crippen LogP contribution in [0.2, 0.25) is 5.02 Å². The van der Waals surface area contributed by atoms with E-state index in [0.717, 1.165) is 12.0 Å². The van der Waals surface area contributed by atoms with Gasteiger partial charge in [0.2, 0.25) is 0 Å². The lowest BCUT2D eigenvalue weighted by Gasteiger charge is -2.18. The van der Waals surface area contributed by atoms with Crippen LogP contribution in [0.15, 0.2) is 41.7 Å². The van der Waals surface area contributed by atoms with Crippen molar-refractivity contribution in [3.05, 3.63) is 69.4 Å². The van der Waals surface area contributed by atoms with E-state index in [1.165, 1.54) is 36.9 Å². The summed E-state index contributed by atoms with van der Waals surface area (Å²) in [6.07, 6.45) is 6.62.